The summed E-state index contributed by atoms with van der Waals surface area (Å²) in [5.41, 5.74) is 1.77. The third-order valence-electron chi connectivity index (χ3n) is 3.83. The van der Waals surface area contributed by atoms with Crippen molar-refractivity contribution < 1.29 is 14.3 Å². The van der Waals surface area contributed by atoms with Gasteiger partial charge in [-0.2, -0.15) is 0 Å². The normalized spacial score (nSPS) is 11.8. The molecule has 0 spiro atoms. The highest BCUT2D eigenvalue weighted by molar-refractivity contribution is 5.91. The van der Waals surface area contributed by atoms with E-state index in [2.05, 4.69) is 20.8 Å². The number of benzene rings is 2. The van der Waals surface area contributed by atoms with Gasteiger partial charge in [-0.1, -0.05) is 32.9 Å². The van der Waals surface area contributed by atoms with Crippen LogP contribution in [0.25, 0.3) is 0 Å². The minimum atomic E-state index is -0.358. The van der Waals surface area contributed by atoms with Crippen LogP contribution in [0.5, 0.6) is 11.5 Å². The lowest BCUT2D eigenvalue weighted by molar-refractivity contribution is 0.0734. The van der Waals surface area contributed by atoms with Crippen LogP contribution in [0, 0.1) is 0 Å². The first-order valence-corrected chi connectivity index (χ1v) is 8.19. The molecule has 3 nitrogen and oxygen atoms in total. The molecular weight excluding hydrogens is 288 g/mol. The zero-order valence-electron chi connectivity index (χ0n) is 14.0. The molecular formula is C20H24O3. The Morgan fingerprint density at radius 1 is 0.957 bits per heavy atom. The number of esters is 1. The van der Waals surface area contributed by atoms with Crippen LogP contribution >= 0.6 is 0 Å². The molecule has 2 aromatic carbocycles. The molecule has 0 aliphatic heterocycles. The molecule has 122 valence electrons. The van der Waals surface area contributed by atoms with Crippen molar-refractivity contribution in [2.75, 3.05) is 6.61 Å². The van der Waals surface area contributed by atoms with Crippen LogP contribution in [0.4, 0.5) is 0 Å². The second kappa shape index (κ2) is 8.37. The van der Waals surface area contributed by atoms with Crippen molar-refractivity contribution in [2.24, 2.45) is 0 Å². The summed E-state index contributed by atoms with van der Waals surface area (Å²) in [5, 5.41) is 0. The molecule has 1 atom stereocenters. The fourth-order valence-electron chi connectivity index (χ4n) is 2.17. The molecule has 0 aromatic heterocycles. The lowest BCUT2D eigenvalue weighted by Crippen LogP contribution is -2.08. The van der Waals surface area contributed by atoms with Gasteiger partial charge in [0.15, 0.2) is 0 Å². The van der Waals surface area contributed by atoms with Crippen molar-refractivity contribution in [1.29, 1.82) is 0 Å². The number of carbonyl (C=O) groups excluding carboxylic acids is 1. The molecule has 0 radical (unpaired) electrons. The van der Waals surface area contributed by atoms with E-state index in [1.807, 2.05) is 24.3 Å². The quantitative estimate of drug-likeness (QED) is 0.520. The molecule has 0 aliphatic rings. The zero-order valence-corrected chi connectivity index (χ0v) is 14.0. The number of hydrogen-bond donors (Lipinski definition) is 0. The van der Waals surface area contributed by atoms with Crippen molar-refractivity contribution >= 4 is 5.97 Å². The van der Waals surface area contributed by atoms with Gasteiger partial charge in [0.2, 0.25) is 0 Å². The summed E-state index contributed by atoms with van der Waals surface area (Å²) in [6, 6.07) is 14.7. The van der Waals surface area contributed by atoms with Crippen LogP contribution in [0.1, 0.15) is 55.5 Å². The van der Waals surface area contributed by atoms with E-state index in [-0.39, 0.29) is 5.97 Å². The van der Waals surface area contributed by atoms with E-state index in [9.17, 15) is 4.79 Å². The summed E-state index contributed by atoms with van der Waals surface area (Å²) >= 11 is 0. The Hall–Kier alpha value is -2.29. The molecule has 3 heteroatoms. The van der Waals surface area contributed by atoms with E-state index in [4.69, 9.17) is 9.47 Å². The summed E-state index contributed by atoms with van der Waals surface area (Å²) in [6.45, 7) is 7.07. The van der Waals surface area contributed by atoms with E-state index in [1.54, 1.807) is 24.3 Å². The van der Waals surface area contributed by atoms with E-state index in [0.29, 0.717) is 23.8 Å². The summed E-state index contributed by atoms with van der Waals surface area (Å²) in [6.07, 6.45) is 2.04. The lowest BCUT2D eigenvalue weighted by Gasteiger charge is -2.10. The maximum atomic E-state index is 12.2. The average molecular weight is 312 g/mol. The fourth-order valence-corrected chi connectivity index (χ4v) is 2.17. The Morgan fingerprint density at radius 2 is 1.57 bits per heavy atom. The van der Waals surface area contributed by atoms with Crippen LogP contribution < -0.4 is 9.47 Å². The Labute approximate surface area is 138 Å². The van der Waals surface area contributed by atoms with E-state index in [1.165, 1.54) is 5.56 Å². The topological polar surface area (TPSA) is 35.5 Å². The highest BCUT2D eigenvalue weighted by Gasteiger charge is 2.09. The molecule has 0 amide bonds. The van der Waals surface area contributed by atoms with Gasteiger partial charge in [0.1, 0.15) is 11.5 Å². The maximum Gasteiger partial charge on any atom is 0.343 e. The zero-order chi connectivity index (χ0) is 16.7. The van der Waals surface area contributed by atoms with Gasteiger partial charge in [-0.15, -0.1) is 0 Å². The van der Waals surface area contributed by atoms with Gasteiger partial charge in [-0.05, 0) is 60.7 Å². The van der Waals surface area contributed by atoms with Crippen molar-refractivity contribution in [3.8, 4) is 11.5 Å². The minimum absolute atomic E-state index is 0.358. The number of carbonyl (C=O) groups is 1. The Balaban J connectivity index is 1.98. The molecule has 1 unspecified atom stereocenters. The first-order valence-electron chi connectivity index (χ1n) is 8.19. The number of hydrogen-bond acceptors (Lipinski definition) is 3. The minimum Gasteiger partial charge on any atom is -0.494 e. The van der Waals surface area contributed by atoms with Crippen LogP contribution in [0.15, 0.2) is 48.5 Å². The molecule has 0 saturated carbocycles. The monoisotopic (exact) mass is 312 g/mol. The second-order valence-electron chi connectivity index (χ2n) is 5.64. The van der Waals surface area contributed by atoms with Gasteiger partial charge in [0.05, 0.1) is 12.2 Å². The van der Waals surface area contributed by atoms with Crippen LogP contribution in [0.2, 0.25) is 0 Å². The SMILES string of the molecule is CCCOc1ccc(C(=O)Oc2ccc(C(C)CC)cc2)cc1. The van der Waals surface area contributed by atoms with Crippen molar-refractivity contribution in [3.63, 3.8) is 0 Å². The van der Waals surface area contributed by atoms with Gasteiger partial charge >= 0.3 is 5.97 Å². The van der Waals surface area contributed by atoms with Gasteiger partial charge in [-0.25, -0.2) is 4.79 Å². The predicted octanol–water partition coefficient (Wildman–Crippen LogP) is 5.21. The van der Waals surface area contributed by atoms with E-state index < -0.39 is 0 Å². The summed E-state index contributed by atoms with van der Waals surface area (Å²) in [5.74, 6) is 1.48. The summed E-state index contributed by atoms with van der Waals surface area (Å²) in [4.78, 5) is 12.2. The molecule has 0 N–H and O–H groups in total. The third kappa shape index (κ3) is 4.85. The van der Waals surface area contributed by atoms with Gasteiger partial charge < -0.3 is 9.47 Å². The lowest BCUT2D eigenvalue weighted by atomic mass is 9.99. The fraction of sp³-hybridized carbons (Fsp3) is 0.350. The Kier molecular flexibility index (Phi) is 6.21. The highest BCUT2D eigenvalue weighted by Crippen LogP contribution is 2.22. The predicted molar refractivity (Wildman–Crippen MR) is 92.3 cm³/mol. The average Bonchev–Trinajstić information content (AvgIpc) is 2.60. The van der Waals surface area contributed by atoms with Crippen molar-refractivity contribution in [1.82, 2.24) is 0 Å². The van der Waals surface area contributed by atoms with Crippen LogP contribution in [0.3, 0.4) is 0 Å². The molecule has 2 rings (SSSR count). The third-order valence-corrected chi connectivity index (χ3v) is 3.83. The maximum absolute atomic E-state index is 12.2. The summed E-state index contributed by atoms with van der Waals surface area (Å²) in [7, 11) is 0. The van der Waals surface area contributed by atoms with Gasteiger partial charge in [0, 0.05) is 0 Å². The largest absolute Gasteiger partial charge is 0.494 e. The smallest absolute Gasteiger partial charge is 0.343 e. The number of rotatable bonds is 7. The molecule has 23 heavy (non-hydrogen) atoms. The first-order chi connectivity index (χ1) is 11.1. The van der Waals surface area contributed by atoms with Crippen molar-refractivity contribution in [3.05, 3.63) is 59.7 Å². The summed E-state index contributed by atoms with van der Waals surface area (Å²) < 4.78 is 10.9. The number of ether oxygens (including phenoxy) is 2. The molecule has 0 bridgehead atoms. The molecule has 0 fully saturated rings. The van der Waals surface area contributed by atoms with E-state index in [0.717, 1.165) is 18.6 Å². The van der Waals surface area contributed by atoms with Crippen LogP contribution in [-0.4, -0.2) is 12.6 Å². The Bertz CT molecular complexity index is 614. The molecule has 0 heterocycles. The molecule has 0 saturated heterocycles. The molecule has 0 aliphatic carbocycles. The van der Waals surface area contributed by atoms with Crippen LogP contribution in [-0.2, 0) is 0 Å². The van der Waals surface area contributed by atoms with Gasteiger partial charge in [0.25, 0.3) is 0 Å². The highest BCUT2D eigenvalue weighted by atomic mass is 16.5. The second-order valence-corrected chi connectivity index (χ2v) is 5.64. The first kappa shape index (κ1) is 17.1. The standard InChI is InChI=1S/C20H24O3/c1-4-14-22-18-10-8-17(9-11-18)20(21)23-19-12-6-16(7-13-19)15(3)5-2/h6-13,15H,4-5,14H2,1-3H3. The van der Waals surface area contributed by atoms with E-state index >= 15 is 0 Å². The van der Waals surface area contributed by atoms with Gasteiger partial charge in [-0.3, -0.25) is 0 Å². The van der Waals surface area contributed by atoms with Crippen molar-refractivity contribution in [2.45, 2.75) is 39.5 Å². The Morgan fingerprint density at radius 3 is 2.13 bits per heavy atom. The molecule has 2 aromatic rings.